The van der Waals surface area contributed by atoms with E-state index in [0.29, 0.717) is 4.75 Å². The van der Waals surface area contributed by atoms with Gasteiger partial charge in [0, 0.05) is 29.6 Å². The van der Waals surface area contributed by atoms with Gasteiger partial charge in [0.2, 0.25) is 0 Å². The van der Waals surface area contributed by atoms with Gasteiger partial charge in [0.25, 0.3) is 0 Å². The predicted molar refractivity (Wildman–Crippen MR) is 89.3 cm³/mol. The highest BCUT2D eigenvalue weighted by molar-refractivity contribution is 8.00. The standard InChI is InChI=1S/C17H24N2S/c1-20-17(8-3-2-4-9-17)13-18-12-14-5-6-16-15(11-14)7-10-19-16/h5-7,10-11,18-19H,2-4,8-9,12-13H2,1H3. The second kappa shape index (κ2) is 6.23. The Morgan fingerprint density at radius 3 is 2.85 bits per heavy atom. The summed E-state index contributed by atoms with van der Waals surface area (Å²) in [4.78, 5) is 3.25. The number of aromatic amines is 1. The number of benzene rings is 1. The molecule has 0 bridgehead atoms. The molecule has 0 radical (unpaired) electrons. The van der Waals surface area contributed by atoms with E-state index in [1.54, 1.807) is 0 Å². The van der Waals surface area contributed by atoms with Crippen molar-refractivity contribution >= 4 is 22.7 Å². The zero-order chi connectivity index (χ0) is 13.8. The van der Waals surface area contributed by atoms with Crippen LogP contribution < -0.4 is 5.32 Å². The second-order valence-corrected chi connectivity index (χ2v) is 7.22. The van der Waals surface area contributed by atoms with E-state index in [1.807, 2.05) is 6.20 Å². The Bertz CT molecular complexity index is 555. The largest absolute Gasteiger partial charge is 0.361 e. The molecule has 108 valence electrons. The maximum Gasteiger partial charge on any atom is 0.0454 e. The van der Waals surface area contributed by atoms with Crippen molar-refractivity contribution in [3.63, 3.8) is 0 Å². The Morgan fingerprint density at radius 1 is 1.20 bits per heavy atom. The van der Waals surface area contributed by atoms with Gasteiger partial charge >= 0.3 is 0 Å². The average molecular weight is 288 g/mol. The number of thioether (sulfide) groups is 1. The highest BCUT2D eigenvalue weighted by atomic mass is 32.2. The fourth-order valence-corrected chi connectivity index (χ4v) is 4.24. The van der Waals surface area contributed by atoms with Crippen molar-refractivity contribution in [2.75, 3.05) is 12.8 Å². The van der Waals surface area contributed by atoms with Crippen LogP contribution in [0.5, 0.6) is 0 Å². The van der Waals surface area contributed by atoms with Crippen molar-refractivity contribution in [2.45, 2.75) is 43.4 Å². The van der Waals surface area contributed by atoms with Gasteiger partial charge in [-0.3, -0.25) is 0 Å². The smallest absolute Gasteiger partial charge is 0.0454 e. The first-order chi connectivity index (χ1) is 9.81. The van der Waals surface area contributed by atoms with Gasteiger partial charge in [0.1, 0.15) is 0 Å². The normalized spacial score (nSPS) is 18.4. The highest BCUT2D eigenvalue weighted by Gasteiger charge is 2.30. The highest BCUT2D eigenvalue weighted by Crippen LogP contribution is 2.37. The van der Waals surface area contributed by atoms with Crippen LogP contribution in [0.15, 0.2) is 30.5 Å². The molecule has 1 saturated carbocycles. The first-order valence-corrected chi connectivity index (χ1v) is 8.86. The zero-order valence-corrected chi connectivity index (χ0v) is 13.1. The number of rotatable bonds is 5. The lowest BCUT2D eigenvalue weighted by molar-refractivity contribution is 0.379. The summed E-state index contributed by atoms with van der Waals surface area (Å²) in [5.74, 6) is 0. The minimum absolute atomic E-state index is 0.483. The van der Waals surface area contributed by atoms with Crippen LogP contribution in [0.25, 0.3) is 10.9 Å². The van der Waals surface area contributed by atoms with E-state index >= 15 is 0 Å². The van der Waals surface area contributed by atoms with Crippen molar-refractivity contribution in [3.05, 3.63) is 36.0 Å². The van der Waals surface area contributed by atoms with Crippen molar-refractivity contribution in [2.24, 2.45) is 0 Å². The van der Waals surface area contributed by atoms with Gasteiger partial charge in [-0.2, -0.15) is 11.8 Å². The lowest BCUT2D eigenvalue weighted by Gasteiger charge is -2.36. The summed E-state index contributed by atoms with van der Waals surface area (Å²) in [5.41, 5.74) is 2.60. The molecule has 3 rings (SSSR count). The molecule has 1 heterocycles. The number of fused-ring (bicyclic) bond motifs is 1. The van der Waals surface area contributed by atoms with Crippen molar-refractivity contribution in [3.8, 4) is 0 Å². The number of nitrogens with one attached hydrogen (secondary N) is 2. The van der Waals surface area contributed by atoms with E-state index in [9.17, 15) is 0 Å². The van der Waals surface area contributed by atoms with Crippen LogP contribution in [0.1, 0.15) is 37.7 Å². The van der Waals surface area contributed by atoms with Crippen LogP contribution in [-0.4, -0.2) is 22.5 Å². The van der Waals surface area contributed by atoms with Crippen molar-refractivity contribution < 1.29 is 0 Å². The molecule has 20 heavy (non-hydrogen) atoms. The second-order valence-electron chi connectivity index (χ2n) is 5.95. The fraction of sp³-hybridized carbons (Fsp3) is 0.529. The SMILES string of the molecule is CSC1(CNCc2ccc3[nH]ccc3c2)CCCCC1. The van der Waals surface area contributed by atoms with Crippen LogP contribution in [0.3, 0.4) is 0 Å². The molecule has 0 saturated heterocycles. The van der Waals surface area contributed by atoms with Crippen molar-refractivity contribution in [1.29, 1.82) is 0 Å². The summed E-state index contributed by atoms with van der Waals surface area (Å²) in [5, 5.41) is 5.00. The third-order valence-corrected chi connectivity index (χ3v) is 6.01. The minimum Gasteiger partial charge on any atom is -0.361 e. The van der Waals surface area contributed by atoms with Crippen LogP contribution in [0, 0.1) is 0 Å². The van der Waals surface area contributed by atoms with E-state index in [4.69, 9.17) is 0 Å². The topological polar surface area (TPSA) is 27.8 Å². The molecule has 1 fully saturated rings. The van der Waals surface area contributed by atoms with Gasteiger partial charge in [-0.1, -0.05) is 25.3 Å². The van der Waals surface area contributed by atoms with E-state index in [0.717, 1.165) is 13.1 Å². The number of aromatic nitrogens is 1. The Balaban J connectivity index is 1.58. The molecular weight excluding hydrogens is 264 g/mol. The maximum atomic E-state index is 3.69. The minimum atomic E-state index is 0.483. The molecule has 0 amide bonds. The fourth-order valence-electron chi connectivity index (χ4n) is 3.30. The summed E-state index contributed by atoms with van der Waals surface area (Å²) in [6, 6.07) is 8.82. The first-order valence-electron chi connectivity index (χ1n) is 7.63. The van der Waals surface area contributed by atoms with Gasteiger partial charge in [0.05, 0.1) is 0 Å². The molecule has 0 unspecified atom stereocenters. The Kier molecular flexibility index (Phi) is 4.37. The van der Waals surface area contributed by atoms with Gasteiger partial charge in [-0.05, 0) is 48.2 Å². The lowest BCUT2D eigenvalue weighted by atomic mass is 9.88. The molecule has 0 aliphatic heterocycles. The van der Waals surface area contributed by atoms with Crippen LogP contribution in [0.2, 0.25) is 0 Å². The van der Waals surface area contributed by atoms with E-state index in [1.165, 1.54) is 48.6 Å². The molecule has 3 heteroatoms. The molecular formula is C17H24N2S. The summed E-state index contributed by atoms with van der Waals surface area (Å²) in [6.07, 6.45) is 11.3. The Hall–Kier alpha value is -0.930. The Morgan fingerprint density at radius 2 is 2.05 bits per heavy atom. The summed E-state index contributed by atoms with van der Waals surface area (Å²) in [7, 11) is 0. The summed E-state index contributed by atoms with van der Waals surface area (Å²) in [6.45, 7) is 2.11. The maximum absolute atomic E-state index is 3.69. The number of hydrogen-bond donors (Lipinski definition) is 2. The third-order valence-electron chi connectivity index (χ3n) is 4.59. The molecule has 1 aliphatic carbocycles. The van der Waals surface area contributed by atoms with Gasteiger partial charge in [0.15, 0.2) is 0 Å². The molecule has 0 spiro atoms. The predicted octanol–water partition coefficient (Wildman–Crippen LogP) is 4.32. The Labute approximate surface area is 125 Å². The average Bonchev–Trinajstić information content (AvgIpc) is 2.96. The van der Waals surface area contributed by atoms with Crippen LogP contribution >= 0.6 is 11.8 Å². The van der Waals surface area contributed by atoms with Gasteiger partial charge in [-0.25, -0.2) is 0 Å². The van der Waals surface area contributed by atoms with E-state index in [2.05, 4.69) is 52.6 Å². The molecule has 2 aromatic rings. The van der Waals surface area contributed by atoms with Crippen molar-refractivity contribution in [1.82, 2.24) is 10.3 Å². The van der Waals surface area contributed by atoms with E-state index < -0.39 is 0 Å². The summed E-state index contributed by atoms with van der Waals surface area (Å²) < 4.78 is 0.483. The quantitative estimate of drug-likeness (QED) is 0.857. The van der Waals surface area contributed by atoms with Crippen LogP contribution in [0.4, 0.5) is 0 Å². The van der Waals surface area contributed by atoms with E-state index in [-0.39, 0.29) is 0 Å². The van der Waals surface area contributed by atoms with Crippen LogP contribution in [-0.2, 0) is 6.54 Å². The van der Waals surface area contributed by atoms with Gasteiger partial charge < -0.3 is 10.3 Å². The molecule has 1 aromatic heterocycles. The molecule has 0 atom stereocenters. The lowest BCUT2D eigenvalue weighted by Crippen LogP contribution is -2.39. The summed E-state index contributed by atoms with van der Waals surface area (Å²) >= 11 is 2.06. The third kappa shape index (κ3) is 3.04. The monoisotopic (exact) mass is 288 g/mol. The molecule has 1 aliphatic rings. The number of H-pyrrole nitrogens is 1. The zero-order valence-electron chi connectivity index (χ0n) is 12.2. The molecule has 2 N–H and O–H groups in total. The molecule has 2 nitrogen and oxygen atoms in total. The number of hydrogen-bond acceptors (Lipinski definition) is 2. The van der Waals surface area contributed by atoms with Gasteiger partial charge in [-0.15, -0.1) is 0 Å². The molecule has 1 aromatic carbocycles. The first kappa shape index (κ1) is 14.0.